The van der Waals surface area contributed by atoms with E-state index in [1.807, 2.05) is 0 Å². The number of halogens is 3. The monoisotopic (exact) mass is 358 g/mol. The molecule has 2 aromatic rings. The van der Waals surface area contributed by atoms with E-state index in [1.165, 1.54) is 18.2 Å². The van der Waals surface area contributed by atoms with Gasteiger partial charge in [0.05, 0.1) is 16.4 Å². The van der Waals surface area contributed by atoms with Crippen LogP contribution in [0.2, 0.25) is 5.02 Å². The van der Waals surface area contributed by atoms with E-state index in [0.717, 1.165) is 6.07 Å². The summed E-state index contributed by atoms with van der Waals surface area (Å²) in [6.07, 6.45) is 0. The average molecular weight is 360 g/mol. The van der Waals surface area contributed by atoms with Crippen LogP contribution in [0.4, 0.5) is 21.6 Å². The largest absolute Gasteiger partial charge is 0.396 e. The molecule has 0 aliphatic rings. The third kappa shape index (κ3) is 3.00. The van der Waals surface area contributed by atoms with Gasteiger partial charge >= 0.3 is 0 Å². The number of nitrogens with one attached hydrogen (secondary N) is 1. The molecule has 0 radical (unpaired) electrons. The zero-order valence-corrected chi connectivity index (χ0v) is 12.3. The Morgan fingerprint density at radius 1 is 1.40 bits per heavy atom. The van der Waals surface area contributed by atoms with Crippen molar-refractivity contribution in [2.75, 3.05) is 11.1 Å². The van der Waals surface area contributed by atoms with E-state index >= 15 is 0 Å². The van der Waals surface area contributed by atoms with Crippen LogP contribution in [0, 0.1) is 5.82 Å². The average Bonchev–Trinajstić information content (AvgIpc) is 2.35. The number of nitrogen functional groups attached to an aromatic ring is 1. The van der Waals surface area contributed by atoms with Crippen LogP contribution in [-0.4, -0.2) is 10.9 Å². The molecule has 20 heavy (non-hydrogen) atoms. The van der Waals surface area contributed by atoms with Crippen LogP contribution in [0.3, 0.4) is 0 Å². The SMILES string of the molecule is NC(=O)c1ccc(N)c(Nc2c(Cl)cc(F)cc2Br)n1. The van der Waals surface area contributed by atoms with Crippen LogP contribution in [0.25, 0.3) is 0 Å². The lowest BCUT2D eigenvalue weighted by atomic mass is 10.2. The first-order valence-electron chi connectivity index (χ1n) is 5.36. The Morgan fingerprint density at radius 2 is 2.10 bits per heavy atom. The molecular weight excluding hydrogens is 351 g/mol. The van der Waals surface area contributed by atoms with Crippen LogP contribution in [0.5, 0.6) is 0 Å². The number of aromatic nitrogens is 1. The first-order valence-corrected chi connectivity index (χ1v) is 6.53. The molecule has 0 unspecified atom stereocenters. The van der Waals surface area contributed by atoms with Crippen molar-refractivity contribution in [2.24, 2.45) is 5.73 Å². The summed E-state index contributed by atoms with van der Waals surface area (Å²) < 4.78 is 13.5. The number of hydrogen-bond acceptors (Lipinski definition) is 4. The summed E-state index contributed by atoms with van der Waals surface area (Å²) in [5, 5.41) is 2.98. The molecule has 2 rings (SSSR count). The van der Waals surface area contributed by atoms with Gasteiger partial charge in [0.1, 0.15) is 11.5 Å². The van der Waals surface area contributed by atoms with E-state index in [-0.39, 0.29) is 16.5 Å². The molecule has 1 heterocycles. The van der Waals surface area contributed by atoms with Gasteiger partial charge in [-0.05, 0) is 40.2 Å². The van der Waals surface area contributed by atoms with Crippen LogP contribution in [-0.2, 0) is 0 Å². The van der Waals surface area contributed by atoms with Crippen molar-refractivity contribution in [1.82, 2.24) is 4.98 Å². The maximum absolute atomic E-state index is 13.2. The van der Waals surface area contributed by atoms with Crippen molar-refractivity contribution in [1.29, 1.82) is 0 Å². The Kier molecular flexibility index (Phi) is 4.10. The molecule has 104 valence electrons. The maximum Gasteiger partial charge on any atom is 0.267 e. The number of pyridine rings is 1. The first-order chi connectivity index (χ1) is 9.38. The minimum atomic E-state index is -0.683. The Balaban J connectivity index is 2.45. The van der Waals surface area contributed by atoms with Crippen molar-refractivity contribution < 1.29 is 9.18 Å². The first kappa shape index (κ1) is 14.5. The number of nitrogens with two attached hydrogens (primary N) is 2. The molecule has 0 saturated heterocycles. The predicted molar refractivity (Wildman–Crippen MR) is 79.6 cm³/mol. The second-order valence-electron chi connectivity index (χ2n) is 3.87. The second-order valence-corrected chi connectivity index (χ2v) is 5.13. The highest BCUT2D eigenvalue weighted by Crippen LogP contribution is 2.34. The van der Waals surface area contributed by atoms with Gasteiger partial charge in [-0.15, -0.1) is 0 Å². The van der Waals surface area contributed by atoms with Gasteiger partial charge in [-0.1, -0.05) is 11.6 Å². The van der Waals surface area contributed by atoms with Gasteiger partial charge in [-0.3, -0.25) is 4.79 Å². The van der Waals surface area contributed by atoms with Gasteiger partial charge in [0.2, 0.25) is 0 Å². The molecule has 0 spiro atoms. The normalized spacial score (nSPS) is 10.3. The minimum absolute atomic E-state index is 0.0519. The quantitative estimate of drug-likeness (QED) is 0.785. The number of amides is 1. The summed E-state index contributed by atoms with van der Waals surface area (Å²) >= 11 is 9.13. The van der Waals surface area contributed by atoms with Crippen LogP contribution in [0.15, 0.2) is 28.7 Å². The van der Waals surface area contributed by atoms with Crippen molar-refractivity contribution in [2.45, 2.75) is 0 Å². The molecule has 0 bridgehead atoms. The van der Waals surface area contributed by atoms with Crippen LogP contribution >= 0.6 is 27.5 Å². The lowest BCUT2D eigenvalue weighted by Crippen LogP contribution is -2.14. The molecule has 5 N–H and O–H groups in total. The van der Waals surface area contributed by atoms with E-state index in [4.69, 9.17) is 23.1 Å². The zero-order chi connectivity index (χ0) is 14.9. The van der Waals surface area contributed by atoms with E-state index in [9.17, 15) is 9.18 Å². The summed E-state index contributed by atoms with van der Waals surface area (Å²) in [4.78, 5) is 15.1. The fourth-order valence-corrected chi connectivity index (χ4v) is 2.39. The van der Waals surface area contributed by atoms with E-state index < -0.39 is 11.7 Å². The summed E-state index contributed by atoms with van der Waals surface area (Å²) in [6.45, 7) is 0. The van der Waals surface area contributed by atoms with Gasteiger partial charge in [0.15, 0.2) is 5.82 Å². The molecule has 0 aliphatic carbocycles. The number of carbonyl (C=O) groups is 1. The maximum atomic E-state index is 13.2. The molecular formula is C12H9BrClFN4O. The van der Waals surface area contributed by atoms with Gasteiger partial charge in [-0.2, -0.15) is 0 Å². The smallest absolute Gasteiger partial charge is 0.267 e. The van der Waals surface area contributed by atoms with Gasteiger partial charge in [-0.25, -0.2) is 9.37 Å². The number of rotatable bonds is 3. The number of anilines is 3. The predicted octanol–water partition coefficient (Wildman–Crippen LogP) is 3.06. The number of hydrogen-bond donors (Lipinski definition) is 3. The highest BCUT2D eigenvalue weighted by atomic mass is 79.9. The van der Waals surface area contributed by atoms with E-state index in [2.05, 4.69) is 26.2 Å². The van der Waals surface area contributed by atoms with Crippen molar-refractivity contribution in [3.05, 3.63) is 45.3 Å². The zero-order valence-electron chi connectivity index (χ0n) is 9.95. The minimum Gasteiger partial charge on any atom is -0.396 e. The number of benzene rings is 1. The Hall–Kier alpha value is -1.86. The Bertz CT molecular complexity index is 672. The van der Waals surface area contributed by atoms with E-state index in [0.29, 0.717) is 15.8 Å². The van der Waals surface area contributed by atoms with Crippen molar-refractivity contribution in [3.63, 3.8) is 0 Å². The summed E-state index contributed by atoms with van der Waals surface area (Å²) in [6, 6.07) is 5.27. The fourth-order valence-electron chi connectivity index (χ4n) is 1.49. The van der Waals surface area contributed by atoms with Crippen LogP contribution in [0.1, 0.15) is 10.5 Å². The second kappa shape index (κ2) is 5.64. The molecule has 5 nitrogen and oxygen atoms in total. The Labute approximate surface area is 127 Å². The molecule has 0 fully saturated rings. The molecule has 1 amide bonds. The number of nitrogens with zero attached hydrogens (tertiary/aromatic N) is 1. The van der Waals surface area contributed by atoms with Crippen molar-refractivity contribution in [3.8, 4) is 0 Å². The summed E-state index contributed by atoms with van der Waals surface area (Å²) in [5.41, 5.74) is 11.6. The standard InChI is InChI=1S/C12H9BrClFN4O/c13-6-3-5(15)4-7(14)10(6)19-12-8(16)1-2-9(18-12)11(17)20/h1-4H,16H2,(H2,17,20)(H,18,19). The molecule has 0 saturated carbocycles. The molecule has 8 heteroatoms. The highest BCUT2D eigenvalue weighted by molar-refractivity contribution is 9.10. The van der Waals surface area contributed by atoms with Gasteiger partial charge < -0.3 is 16.8 Å². The topological polar surface area (TPSA) is 94.0 Å². The third-order valence-electron chi connectivity index (χ3n) is 2.43. The molecule has 0 atom stereocenters. The fraction of sp³-hybridized carbons (Fsp3) is 0. The Morgan fingerprint density at radius 3 is 2.70 bits per heavy atom. The van der Waals surface area contributed by atoms with E-state index in [1.54, 1.807) is 0 Å². The molecule has 1 aromatic carbocycles. The third-order valence-corrected chi connectivity index (χ3v) is 3.35. The van der Waals surface area contributed by atoms with Crippen molar-refractivity contribution >= 4 is 50.6 Å². The van der Waals surface area contributed by atoms with Gasteiger partial charge in [0, 0.05) is 4.47 Å². The molecule has 0 aliphatic heterocycles. The highest BCUT2D eigenvalue weighted by Gasteiger charge is 2.12. The van der Waals surface area contributed by atoms with Crippen LogP contribution < -0.4 is 16.8 Å². The van der Waals surface area contributed by atoms with Gasteiger partial charge in [0.25, 0.3) is 5.91 Å². The lowest BCUT2D eigenvalue weighted by molar-refractivity contribution is 0.0996. The summed E-state index contributed by atoms with van der Waals surface area (Å²) in [5.74, 6) is -0.966. The lowest BCUT2D eigenvalue weighted by Gasteiger charge is -2.12. The molecule has 1 aromatic heterocycles. The number of carbonyl (C=O) groups excluding carboxylic acids is 1. The number of primary amides is 1. The summed E-state index contributed by atoms with van der Waals surface area (Å²) in [7, 11) is 0.